The molecule has 56 heavy (non-hydrogen) atoms. The molecule has 1 fully saturated rings. The van der Waals surface area contributed by atoms with Crippen LogP contribution in [0.15, 0.2) is 0 Å². The summed E-state index contributed by atoms with van der Waals surface area (Å²) in [5.41, 5.74) is 0.296. The Morgan fingerprint density at radius 3 is 1.18 bits per heavy atom. The highest BCUT2D eigenvalue weighted by atomic mass is 33.7. The molecule has 0 spiro atoms. The summed E-state index contributed by atoms with van der Waals surface area (Å²) < 4.78 is 55.3. The van der Waals surface area contributed by atoms with Crippen molar-refractivity contribution in [1.29, 1.82) is 0 Å². The SMILES string of the molecule is CCO[Si](CCCSSSSCCC1CCCCC1(CCSSSSCCC[Si](OCC)(OCC)OCC)CC[Si](OCC)(OCC)OCC)(OCC)OCC. The van der Waals surface area contributed by atoms with Crippen LogP contribution in [0.4, 0.5) is 0 Å². The fourth-order valence-electron chi connectivity index (χ4n) is 7.36. The van der Waals surface area contributed by atoms with Crippen molar-refractivity contribution < 1.29 is 39.8 Å². The Balaban J connectivity index is 2.74. The Morgan fingerprint density at radius 2 is 0.786 bits per heavy atom. The van der Waals surface area contributed by atoms with Gasteiger partial charge in [0.25, 0.3) is 0 Å². The first-order valence-electron chi connectivity index (χ1n) is 21.2. The Labute approximate surface area is 377 Å². The Morgan fingerprint density at radius 1 is 0.429 bits per heavy atom. The minimum Gasteiger partial charge on any atom is -0.374 e. The van der Waals surface area contributed by atoms with Crippen molar-refractivity contribution >= 4 is 109 Å². The summed E-state index contributed by atoms with van der Waals surface area (Å²) in [6, 6.07) is 2.67. The summed E-state index contributed by atoms with van der Waals surface area (Å²) in [7, 11) is 7.79. The van der Waals surface area contributed by atoms with E-state index < -0.39 is 26.4 Å². The standard InChI is InChI=1S/C36H78O9S8Si3/c1-10-37-54(38-11-2,39-12-3)32-21-28-46-50-52-48-30-24-35-23-19-20-25-36(35,27-34-56(43-16-7,44-17-8)45-18-9)26-31-49-53-51-47-29-22-33-55(40-13-4,41-14-5)42-15-6/h35H,10-34H2,1-9H3. The van der Waals surface area contributed by atoms with Crippen molar-refractivity contribution in [3.63, 3.8) is 0 Å². The van der Waals surface area contributed by atoms with Crippen LogP contribution in [0.25, 0.3) is 0 Å². The van der Waals surface area contributed by atoms with Gasteiger partial charge in [-0.3, -0.25) is 0 Å². The predicted molar refractivity (Wildman–Crippen MR) is 264 cm³/mol. The zero-order valence-corrected chi connectivity index (χ0v) is 45.7. The Hall–Kier alpha value is 3.09. The summed E-state index contributed by atoms with van der Waals surface area (Å²) in [6.45, 7) is 24.1. The maximum atomic E-state index is 6.37. The predicted octanol–water partition coefficient (Wildman–Crippen LogP) is 13.6. The van der Waals surface area contributed by atoms with Gasteiger partial charge in [0.2, 0.25) is 0 Å². The molecule has 1 aliphatic carbocycles. The van der Waals surface area contributed by atoms with Gasteiger partial charge in [-0.2, -0.15) is 0 Å². The van der Waals surface area contributed by atoms with Gasteiger partial charge in [0.05, 0.1) is 0 Å². The van der Waals surface area contributed by atoms with Crippen molar-refractivity contribution in [1.82, 2.24) is 0 Å². The van der Waals surface area contributed by atoms with Gasteiger partial charge in [-0.15, -0.1) is 0 Å². The molecule has 0 aromatic carbocycles. The van der Waals surface area contributed by atoms with Crippen LogP contribution in [0, 0.1) is 11.3 Å². The van der Waals surface area contributed by atoms with E-state index in [0.29, 0.717) is 70.8 Å². The molecule has 0 bridgehead atoms. The molecule has 0 radical (unpaired) electrons. The van der Waals surface area contributed by atoms with Gasteiger partial charge in [0.1, 0.15) is 0 Å². The fourth-order valence-corrected chi connectivity index (χ4v) is 28.4. The highest BCUT2D eigenvalue weighted by Crippen LogP contribution is 2.53. The average molecular weight is 996 g/mol. The van der Waals surface area contributed by atoms with E-state index in [1.54, 1.807) is 0 Å². The molecule has 0 aliphatic heterocycles. The van der Waals surface area contributed by atoms with E-state index in [1.807, 2.05) is 124 Å². The second-order valence-corrected chi connectivity index (χ2v) is 33.7. The summed E-state index contributed by atoms with van der Waals surface area (Å²) in [5.74, 6) is 5.19. The topological polar surface area (TPSA) is 83.1 Å². The monoisotopic (exact) mass is 994 g/mol. The van der Waals surface area contributed by atoms with E-state index >= 15 is 0 Å². The highest BCUT2D eigenvalue weighted by Gasteiger charge is 2.47. The van der Waals surface area contributed by atoms with Gasteiger partial charge in [0, 0.05) is 101 Å². The van der Waals surface area contributed by atoms with Gasteiger partial charge in [-0.1, -0.05) is 56.0 Å². The van der Waals surface area contributed by atoms with Gasteiger partial charge in [-0.05, 0) is 158 Å². The van der Waals surface area contributed by atoms with E-state index in [2.05, 4.69) is 20.8 Å². The van der Waals surface area contributed by atoms with Crippen molar-refractivity contribution in [2.75, 3.05) is 82.5 Å². The molecule has 1 saturated carbocycles. The van der Waals surface area contributed by atoms with Crippen LogP contribution in [0.5, 0.6) is 0 Å². The number of hydrogen-bond acceptors (Lipinski definition) is 17. The third-order valence-corrected chi connectivity index (χ3v) is 31.9. The molecule has 1 aliphatic rings. The molecule has 9 nitrogen and oxygen atoms in total. The largest absolute Gasteiger partial charge is 0.500 e. The van der Waals surface area contributed by atoms with Crippen LogP contribution in [0.1, 0.15) is 120 Å². The first kappa shape index (κ1) is 57.1. The van der Waals surface area contributed by atoms with E-state index in [0.717, 1.165) is 54.7 Å². The molecule has 0 amide bonds. The lowest BCUT2D eigenvalue weighted by Crippen LogP contribution is -2.48. The summed E-state index contributed by atoms with van der Waals surface area (Å²) in [4.78, 5) is 0. The molecule has 336 valence electrons. The third kappa shape index (κ3) is 23.7. The van der Waals surface area contributed by atoms with Gasteiger partial charge < -0.3 is 39.8 Å². The minimum atomic E-state index is -2.73. The third-order valence-electron chi connectivity index (χ3n) is 9.45. The van der Waals surface area contributed by atoms with Gasteiger partial charge >= 0.3 is 26.4 Å². The van der Waals surface area contributed by atoms with E-state index in [-0.39, 0.29) is 0 Å². The van der Waals surface area contributed by atoms with Gasteiger partial charge in [-0.25, -0.2) is 0 Å². The lowest BCUT2D eigenvalue weighted by molar-refractivity contribution is 0.0477. The zero-order chi connectivity index (χ0) is 41.3. The molecule has 1 rings (SSSR count). The Bertz CT molecular complexity index is 868. The molecule has 2 atom stereocenters. The van der Waals surface area contributed by atoms with Crippen LogP contribution in [0.3, 0.4) is 0 Å². The Kier molecular flexibility index (Phi) is 37.2. The minimum absolute atomic E-state index is 0.296. The second kappa shape index (κ2) is 36.4. The van der Waals surface area contributed by atoms with Crippen LogP contribution >= 0.6 is 82.5 Å². The van der Waals surface area contributed by atoms with Crippen molar-refractivity contribution in [3.8, 4) is 0 Å². The maximum Gasteiger partial charge on any atom is 0.500 e. The molecule has 2 unspecified atom stereocenters. The normalized spacial score (nSPS) is 18.3. The van der Waals surface area contributed by atoms with Crippen molar-refractivity contribution in [3.05, 3.63) is 0 Å². The smallest absolute Gasteiger partial charge is 0.374 e. The van der Waals surface area contributed by atoms with E-state index in [1.165, 1.54) is 44.3 Å². The molecular weight excluding hydrogens is 917 g/mol. The second-order valence-electron chi connectivity index (χ2n) is 13.1. The molecule has 0 heterocycles. The first-order chi connectivity index (χ1) is 27.3. The van der Waals surface area contributed by atoms with Crippen LogP contribution in [-0.4, -0.2) is 109 Å². The summed E-state index contributed by atoms with van der Waals surface area (Å²) in [5, 5.41) is 0. The maximum absolute atomic E-state index is 6.37. The van der Waals surface area contributed by atoms with Crippen LogP contribution in [0.2, 0.25) is 18.1 Å². The average Bonchev–Trinajstić information content (AvgIpc) is 3.17. The van der Waals surface area contributed by atoms with Crippen LogP contribution in [-0.2, 0) is 39.8 Å². The highest BCUT2D eigenvalue weighted by molar-refractivity contribution is 9.26. The quantitative estimate of drug-likeness (QED) is 0.0331. The molecule has 20 heteroatoms. The number of rotatable bonds is 41. The molecule has 0 N–H and O–H groups in total. The zero-order valence-electron chi connectivity index (χ0n) is 36.2. The fraction of sp³-hybridized carbons (Fsp3) is 1.00. The lowest BCUT2D eigenvalue weighted by atomic mass is 9.62. The number of hydrogen-bond donors (Lipinski definition) is 0. The lowest BCUT2D eigenvalue weighted by Gasteiger charge is -2.46. The first-order valence-corrected chi connectivity index (χ1v) is 37.3. The van der Waals surface area contributed by atoms with E-state index in [9.17, 15) is 0 Å². The van der Waals surface area contributed by atoms with Crippen LogP contribution < -0.4 is 0 Å². The summed E-state index contributed by atoms with van der Waals surface area (Å²) in [6.07, 6.45) is 11.0. The molecule has 0 saturated heterocycles. The molecular formula is C36H78O9S8Si3. The van der Waals surface area contributed by atoms with Crippen molar-refractivity contribution in [2.45, 2.75) is 138 Å². The van der Waals surface area contributed by atoms with E-state index in [4.69, 9.17) is 39.8 Å². The molecule has 0 aromatic rings. The summed E-state index contributed by atoms with van der Waals surface area (Å²) >= 11 is 0. The molecule has 0 aromatic heterocycles. The van der Waals surface area contributed by atoms with Crippen molar-refractivity contribution in [2.24, 2.45) is 11.3 Å². The van der Waals surface area contributed by atoms with Gasteiger partial charge in [0.15, 0.2) is 0 Å².